The van der Waals surface area contributed by atoms with Crippen molar-refractivity contribution in [3.63, 3.8) is 0 Å². The van der Waals surface area contributed by atoms with Gasteiger partial charge in [0.1, 0.15) is 6.54 Å². The standard InChI is InChI=1S/C3H7Cl2NO.ClH/c1-2-3-6(4,5)7;/h2-3H2,1H3;1H. The van der Waals surface area contributed by atoms with E-state index >= 15 is 0 Å². The van der Waals surface area contributed by atoms with Crippen LogP contribution >= 0.6 is 36.0 Å². The van der Waals surface area contributed by atoms with Gasteiger partial charge in [-0.05, 0) is 6.42 Å². The van der Waals surface area contributed by atoms with Gasteiger partial charge in [-0.3, -0.25) is 0 Å². The molecule has 0 aliphatic heterocycles. The molecule has 0 aromatic rings. The average Bonchev–Trinajstić information content (AvgIpc) is 1.30. The molecule has 0 radical (unpaired) electrons. The molecule has 0 unspecified atom stereocenters. The second-order valence-corrected chi connectivity index (χ2v) is 2.56. The minimum Gasteiger partial charge on any atom is -0.595 e. The van der Waals surface area contributed by atoms with Crippen molar-refractivity contribution in [2.75, 3.05) is 6.54 Å². The number of hydrogen-bond acceptors (Lipinski definition) is 1. The Morgan fingerprint density at radius 2 is 1.88 bits per heavy atom. The Morgan fingerprint density at radius 3 is 1.88 bits per heavy atom. The highest BCUT2D eigenvalue weighted by Crippen LogP contribution is 2.13. The summed E-state index contributed by atoms with van der Waals surface area (Å²) in [6, 6.07) is 0. The third-order valence-corrected chi connectivity index (χ3v) is 0.822. The SMILES string of the molecule is CCC[N+]([O-])(Cl)Cl.Cl. The Hall–Kier alpha value is 0.790. The first-order valence-corrected chi connectivity index (χ1v) is 2.72. The monoisotopic (exact) mass is 179 g/mol. The molecule has 0 bridgehead atoms. The molecule has 0 aliphatic carbocycles. The Balaban J connectivity index is 0. The van der Waals surface area contributed by atoms with Crippen molar-refractivity contribution < 1.29 is 3.68 Å². The average molecular weight is 180 g/mol. The number of hydroxylamine groups is 1. The molecule has 0 rings (SSSR count). The molecular weight excluding hydrogens is 172 g/mol. The van der Waals surface area contributed by atoms with E-state index < -0.39 is 3.68 Å². The van der Waals surface area contributed by atoms with E-state index in [1.165, 1.54) is 0 Å². The molecule has 0 spiro atoms. The lowest BCUT2D eigenvalue weighted by atomic mass is 10.5. The van der Waals surface area contributed by atoms with Crippen LogP contribution in [0.5, 0.6) is 0 Å². The summed E-state index contributed by atoms with van der Waals surface area (Å²) in [4.78, 5) is 0. The fourth-order valence-corrected chi connectivity index (χ4v) is 0.598. The molecule has 0 amide bonds. The van der Waals surface area contributed by atoms with Gasteiger partial charge in [0.15, 0.2) is 23.6 Å². The Kier molecular flexibility index (Phi) is 6.72. The van der Waals surface area contributed by atoms with Crippen LogP contribution in [0.3, 0.4) is 0 Å². The smallest absolute Gasteiger partial charge is 0.187 e. The number of halogens is 3. The molecule has 0 aliphatic rings. The zero-order valence-corrected chi connectivity index (χ0v) is 6.76. The van der Waals surface area contributed by atoms with E-state index in [2.05, 4.69) is 0 Å². The summed E-state index contributed by atoms with van der Waals surface area (Å²) in [5.41, 5.74) is 0. The zero-order valence-electron chi connectivity index (χ0n) is 4.43. The van der Waals surface area contributed by atoms with Gasteiger partial charge in [-0.2, -0.15) is 3.68 Å². The summed E-state index contributed by atoms with van der Waals surface area (Å²) in [5, 5.41) is 10.2. The minimum absolute atomic E-state index is 0. The van der Waals surface area contributed by atoms with Crippen molar-refractivity contribution in [3.8, 4) is 0 Å². The molecule has 2 nitrogen and oxygen atoms in total. The van der Waals surface area contributed by atoms with E-state index in [1.807, 2.05) is 6.92 Å². The highest BCUT2D eigenvalue weighted by molar-refractivity contribution is 6.23. The molecule has 0 aromatic heterocycles. The summed E-state index contributed by atoms with van der Waals surface area (Å²) in [5.74, 6) is 0. The lowest BCUT2D eigenvalue weighted by molar-refractivity contribution is -0.628. The maximum absolute atomic E-state index is 10.2. The van der Waals surface area contributed by atoms with Gasteiger partial charge in [-0.1, -0.05) is 6.92 Å². The van der Waals surface area contributed by atoms with Gasteiger partial charge in [-0.25, -0.2) is 0 Å². The van der Waals surface area contributed by atoms with Crippen LogP contribution in [0.2, 0.25) is 0 Å². The lowest BCUT2D eigenvalue weighted by Gasteiger charge is -2.20. The molecule has 0 atom stereocenters. The van der Waals surface area contributed by atoms with Gasteiger partial charge in [0.05, 0.1) is 0 Å². The van der Waals surface area contributed by atoms with Crippen molar-refractivity contribution in [1.82, 2.24) is 0 Å². The Morgan fingerprint density at radius 1 is 1.50 bits per heavy atom. The van der Waals surface area contributed by atoms with Crippen LogP contribution in [0.25, 0.3) is 0 Å². The van der Waals surface area contributed by atoms with Crippen LogP contribution in [0, 0.1) is 5.21 Å². The molecule has 0 fully saturated rings. The first kappa shape index (κ1) is 11.6. The zero-order chi connectivity index (χ0) is 5.91. The number of quaternary nitrogens is 1. The normalized spacial score (nSPS) is 10.5. The van der Waals surface area contributed by atoms with E-state index in [4.69, 9.17) is 23.6 Å². The quantitative estimate of drug-likeness (QED) is 0.473. The van der Waals surface area contributed by atoms with E-state index in [9.17, 15) is 5.21 Å². The van der Waals surface area contributed by atoms with Gasteiger partial charge in [-0.15, -0.1) is 12.4 Å². The van der Waals surface area contributed by atoms with Crippen molar-refractivity contribution in [2.24, 2.45) is 0 Å². The van der Waals surface area contributed by atoms with Crippen molar-refractivity contribution in [2.45, 2.75) is 13.3 Å². The van der Waals surface area contributed by atoms with E-state index in [-0.39, 0.29) is 19.0 Å². The molecule has 0 heterocycles. The summed E-state index contributed by atoms with van der Waals surface area (Å²) >= 11 is 9.96. The van der Waals surface area contributed by atoms with E-state index in [1.54, 1.807) is 0 Å². The van der Waals surface area contributed by atoms with Gasteiger partial charge in [0, 0.05) is 0 Å². The van der Waals surface area contributed by atoms with Gasteiger partial charge in [0.2, 0.25) is 0 Å². The third-order valence-electron chi connectivity index (χ3n) is 0.484. The predicted molar refractivity (Wildman–Crippen MR) is 37.7 cm³/mol. The summed E-state index contributed by atoms with van der Waals surface area (Å²) in [7, 11) is 0. The maximum atomic E-state index is 10.2. The molecule has 8 heavy (non-hydrogen) atoms. The number of nitrogens with zero attached hydrogens (tertiary/aromatic N) is 1. The van der Waals surface area contributed by atoms with Crippen molar-refractivity contribution in [3.05, 3.63) is 5.21 Å². The molecule has 52 valence electrons. The highest BCUT2D eigenvalue weighted by Gasteiger charge is 2.06. The van der Waals surface area contributed by atoms with Crippen LogP contribution in [0.4, 0.5) is 0 Å². The predicted octanol–water partition coefficient (Wildman–Crippen LogP) is 2.44. The van der Waals surface area contributed by atoms with Gasteiger partial charge < -0.3 is 5.21 Å². The van der Waals surface area contributed by atoms with Gasteiger partial charge >= 0.3 is 0 Å². The molecule has 0 saturated carbocycles. The largest absolute Gasteiger partial charge is 0.595 e. The fourth-order valence-electron chi connectivity index (χ4n) is 0.260. The third kappa shape index (κ3) is 9.92. The Bertz CT molecular complexity index is 53.0. The second kappa shape index (κ2) is 4.65. The van der Waals surface area contributed by atoms with Crippen LogP contribution < -0.4 is 0 Å². The number of hydrogen-bond donors (Lipinski definition) is 0. The summed E-state index contributed by atoms with van der Waals surface area (Å²) in [6.07, 6.45) is 0.705. The Labute approximate surface area is 65.2 Å². The second-order valence-electron chi connectivity index (χ2n) is 1.29. The van der Waals surface area contributed by atoms with E-state index in [0.29, 0.717) is 6.42 Å². The fraction of sp³-hybridized carbons (Fsp3) is 1.00. The van der Waals surface area contributed by atoms with Crippen molar-refractivity contribution >= 4 is 36.0 Å². The first-order valence-electron chi connectivity index (χ1n) is 2.04. The molecule has 5 heteroatoms. The number of rotatable bonds is 2. The highest BCUT2D eigenvalue weighted by atomic mass is 35.5. The molecule has 0 aromatic carbocycles. The molecule has 0 saturated heterocycles. The van der Waals surface area contributed by atoms with Gasteiger partial charge in [0.25, 0.3) is 0 Å². The van der Waals surface area contributed by atoms with Crippen LogP contribution in [-0.2, 0) is 0 Å². The molecular formula is C3H8Cl3NO. The van der Waals surface area contributed by atoms with Crippen molar-refractivity contribution in [1.29, 1.82) is 0 Å². The topological polar surface area (TPSA) is 23.1 Å². The minimum atomic E-state index is -1.21. The van der Waals surface area contributed by atoms with E-state index in [0.717, 1.165) is 0 Å². The van der Waals surface area contributed by atoms with Crippen LogP contribution in [0.15, 0.2) is 0 Å². The van der Waals surface area contributed by atoms with Crippen LogP contribution in [0.1, 0.15) is 13.3 Å². The first-order chi connectivity index (χ1) is 3.06. The maximum Gasteiger partial charge on any atom is 0.187 e. The summed E-state index contributed by atoms with van der Waals surface area (Å²) in [6.45, 7) is 2.10. The molecule has 0 N–H and O–H groups in total. The lowest BCUT2D eigenvalue weighted by Crippen LogP contribution is -2.18. The van der Waals surface area contributed by atoms with Crippen LogP contribution in [-0.4, -0.2) is 10.2 Å². The summed E-state index contributed by atoms with van der Waals surface area (Å²) < 4.78 is -1.21.